The Morgan fingerprint density at radius 1 is 1.26 bits per heavy atom. The largest absolute Gasteiger partial charge is 0.462 e. The quantitative estimate of drug-likeness (QED) is 0.276. The molecule has 3 rings (SSSR count). The maximum Gasteiger partial charge on any atom is 0.351 e. The number of hydrogen-bond donors (Lipinski definition) is 3. The lowest BCUT2D eigenvalue weighted by Crippen LogP contribution is -2.44. The Morgan fingerprint density at radius 2 is 1.90 bits per heavy atom. The van der Waals surface area contributed by atoms with Crippen molar-refractivity contribution in [2.24, 2.45) is 11.7 Å². The zero-order valence-electron chi connectivity index (χ0n) is 16.7. The average molecular weight is 438 g/mol. The van der Waals surface area contributed by atoms with Gasteiger partial charge in [0.25, 0.3) is 0 Å². The molecule has 0 spiro atoms. The van der Waals surface area contributed by atoms with Gasteiger partial charge in [0.2, 0.25) is 0 Å². The van der Waals surface area contributed by atoms with Crippen LogP contribution in [0.3, 0.4) is 0 Å². The molecule has 168 valence electrons. The maximum absolute atomic E-state index is 12.4. The van der Waals surface area contributed by atoms with E-state index >= 15 is 0 Å². The summed E-state index contributed by atoms with van der Waals surface area (Å²) in [6.45, 7) is 3.12. The normalized spacial score (nSPS) is 27.4. The average Bonchev–Trinajstić information content (AvgIpc) is 3.04. The molecular weight excluding hydrogens is 416 g/mol. The second-order valence-corrected chi connectivity index (χ2v) is 7.22. The number of carbonyl (C=O) groups excluding carboxylic acids is 3. The number of aromatic nitrogens is 2. The third kappa shape index (κ3) is 4.90. The maximum atomic E-state index is 12.4. The summed E-state index contributed by atoms with van der Waals surface area (Å²) in [5.74, 6) is -2.67. The molecule has 2 aliphatic rings. The topological polar surface area (TPSA) is 181 Å². The van der Waals surface area contributed by atoms with Crippen LogP contribution in [0.4, 0.5) is 5.82 Å². The van der Waals surface area contributed by atoms with Gasteiger partial charge in [0.1, 0.15) is 18.8 Å². The van der Waals surface area contributed by atoms with Gasteiger partial charge in [-0.05, 0) is 12.0 Å². The molecule has 31 heavy (non-hydrogen) atoms. The number of esters is 3. The predicted octanol–water partition coefficient (Wildman–Crippen LogP) is -1.14. The molecule has 0 bridgehead atoms. The van der Waals surface area contributed by atoms with Crippen LogP contribution in [-0.4, -0.2) is 63.6 Å². The Morgan fingerprint density at radius 3 is 2.48 bits per heavy atom. The monoisotopic (exact) mass is 438 g/mol. The van der Waals surface area contributed by atoms with Crippen LogP contribution in [0.15, 0.2) is 29.2 Å². The lowest BCUT2D eigenvalue weighted by molar-refractivity contribution is -0.165. The SMILES string of the molecule is CC(C)[C@H](N)C(=O)OCC1O[C@@H](n2ccc(NO)nc2=O)[C@@H]2OC(=O)/C=C\C(=O)O[C@H]12. The number of nitrogens with zero attached hydrogens (tertiary/aromatic N) is 2. The van der Waals surface area contributed by atoms with E-state index < -0.39 is 54.2 Å². The summed E-state index contributed by atoms with van der Waals surface area (Å²) < 4.78 is 22.6. The molecule has 0 amide bonds. The predicted molar refractivity (Wildman–Crippen MR) is 100 cm³/mol. The van der Waals surface area contributed by atoms with Crippen LogP contribution in [0.25, 0.3) is 0 Å². The standard InChI is InChI=1S/C18H22N4O9/c1-8(2)13(19)17(25)28-7-9-14-15(31-12(24)4-3-11(23)30-14)16(29-9)22-6-5-10(21-27)20-18(22)26/h3-6,8-9,13-16,27H,7,19H2,1-2H3,(H,20,21,26)/b4-3-/t9?,13-,14+,15+,16+/m0/s1. The van der Waals surface area contributed by atoms with Crippen molar-refractivity contribution < 1.29 is 38.5 Å². The van der Waals surface area contributed by atoms with Gasteiger partial charge < -0.3 is 24.7 Å². The van der Waals surface area contributed by atoms with E-state index in [0.29, 0.717) is 0 Å². The summed E-state index contributed by atoms with van der Waals surface area (Å²) in [4.78, 5) is 52.0. The Labute approximate surface area is 175 Å². The summed E-state index contributed by atoms with van der Waals surface area (Å²) >= 11 is 0. The smallest absolute Gasteiger partial charge is 0.351 e. The number of nitrogens with one attached hydrogen (secondary N) is 1. The second-order valence-electron chi connectivity index (χ2n) is 7.22. The molecular formula is C18H22N4O9. The van der Waals surface area contributed by atoms with Crippen molar-refractivity contribution >= 4 is 23.7 Å². The first-order valence-corrected chi connectivity index (χ1v) is 9.37. The molecule has 0 aromatic carbocycles. The van der Waals surface area contributed by atoms with E-state index in [4.69, 9.17) is 29.9 Å². The number of ether oxygens (including phenoxy) is 4. The van der Waals surface area contributed by atoms with E-state index in [1.165, 1.54) is 12.3 Å². The summed E-state index contributed by atoms with van der Waals surface area (Å²) in [6.07, 6.45) is -1.73. The molecule has 5 atom stereocenters. The number of nitrogens with two attached hydrogens (primary N) is 1. The van der Waals surface area contributed by atoms with Crippen molar-refractivity contribution in [1.82, 2.24) is 9.55 Å². The third-order valence-electron chi connectivity index (χ3n) is 4.74. The highest BCUT2D eigenvalue weighted by Gasteiger charge is 2.51. The fourth-order valence-corrected chi connectivity index (χ4v) is 3.02. The molecule has 0 radical (unpaired) electrons. The van der Waals surface area contributed by atoms with Crippen molar-refractivity contribution in [1.29, 1.82) is 0 Å². The van der Waals surface area contributed by atoms with E-state index in [-0.39, 0.29) is 18.3 Å². The van der Waals surface area contributed by atoms with E-state index in [2.05, 4.69) is 4.98 Å². The molecule has 4 N–H and O–H groups in total. The molecule has 1 fully saturated rings. The van der Waals surface area contributed by atoms with E-state index in [0.717, 1.165) is 16.7 Å². The van der Waals surface area contributed by atoms with Crippen LogP contribution < -0.4 is 16.9 Å². The van der Waals surface area contributed by atoms with Crippen LogP contribution in [0.5, 0.6) is 0 Å². The van der Waals surface area contributed by atoms with Gasteiger partial charge in [-0.2, -0.15) is 4.98 Å². The minimum atomic E-state index is -1.25. The number of rotatable bonds is 6. The van der Waals surface area contributed by atoms with Gasteiger partial charge in [0.05, 0.1) is 0 Å². The summed E-state index contributed by atoms with van der Waals surface area (Å²) in [7, 11) is 0. The van der Waals surface area contributed by atoms with Crippen LogP contribution in [-0.2, 0) is 33.3 Å². The highest BCUT2D eigenvalue weighted by molar-refractivity contribution is 5.92. The Kier molecular flexibility index (Phi) is 6.68. The Bertz CT molecular complexity index is 944. The molecule has 0 aliphatic carbocycles. The van der Waals surface area contributed by atoms with E-state index in [1.807, 2.05) is 0 Å². The minimum Gasteiger partial charge on any atom is -0.462 e. The molecule has 1 saturated heterocycles. The zero-order chi connectivity index (χ0) is 22.7. The van der Waals surface area contributed by atoms with E-state index in [9.17, 15) is 19.2 Å². The van der Waals surface area contributed by atoms with Crippen LogP contribution in [0, 0.1) is 5.92 Å². The minimum absolute atomic E-state index is 0.118. The van der Waals surface area contributed by atoms with Crippen molar-refractivity contribution in [3.05, 3.63) is 34.9 Å². The first-order chi connectivity index (χ1) is 14.7. The van der Waals surface area contributed by atoms with Gasteiger partial charge in [0.15, 0.2) is 24.3 Å². The fraction of sp³-hybridized carbons (Fsp3) is 0.500. The molecule has 13 nitrogen and oxygen atoms in total. The van der Waals surface area contributed by atoms with Gasteiger partial charge >= 0.3 is 23.6 Å². The lowest BCUT2D eigenvalue weighted by atomic mass is 10.1. The van der Waals surface area contributed by atoms with Crippen molar-refractivity contribution in [3.63, 3.8) is 0 Å². The third-order valence-corrected chi connectivity index (χ3v) is 4.74. The Hall–Kier alpha value is -3.29. The van der Waals surface area contributed by atoms with Crippen molar-refractivity contribution in [2.45, 2.75) is 44.4 Å². The van der Waals surface area contributed by atoms with Gasteiger partial charge in [-0.1, -0.05) is 13.8 Å². The van der Waals surface area contributed by atoms with Crippen LogP contribution in [0.1, 0.15) is 20.1 Å². The fourth-order valence-electron chi connectivity index (χ4n) is 3.02. The molecule has 1 aromatic rings. The number of hydrogen-bond acceptors (Lipinski definition) is 12. The summed E-state index contributed by atoms with van der Waals surface area (Å²) in [6, 6.07) is 0.393. The number of fused-ring (bicyclic) bond motifs is 1. The van der Waals surface area contributed by atoms with Gasteiger partial charge in [-0.3, -0.25) is 20.0 Å². The summed E-state index contributed by atoms with van der Waals surface area (Å²) in [5.41, 5.74) is 6.66. The number of carbonyl (C=O) groups is 3. The molecule has 1 unspecified atom stereocenters. The second kappa shape index (κ2) is 9.24. The molecule has 2 aliphatic heterocycles. The van der Waals surface area contributed by atoms with Gasteiger partial charge in [0, 0.05) is 18.3 Å². The lowest BCUT2D eigenvalue weighted by Gasteiger charge is -2.25. The molecule has 1 aromatic heterocycles. The zero-order valence-corrected chi connectivity index (χ0v) is 16.7. The first kappa shape index (κ1) is 22.4. The first-order valence-electron chi connectivity index (χ1n) is 9.37. The highest BCUT2D eigenvalue weighted by atomic mass is 16.7. The van der Waals surface area contributed by atoms with Crippen molar-refractivity contribution in [3.8, 4) is 0 Å². The van der Waals surface area contributed by atoms with Crippen LogP contribution in [0.2, 0.25) is 0 Å². The van der Waals surface area contributed by atoms with E-state index in [1.54, 1.807) is 19.3 Å². The summed E-state index contributed by atoms with van der Waals surface area (Å²) in [5, 5.41) is 8.90. The Balaban J connectivity index is 1.89. The number of anilines is 1. The van der Waals surface area contributed by atoms with Crippen molar-refractivity contribution in [2.75, 3.05) is 12.1 Å². The molecule has 13 heteroatoms. The van der Waals surface area contributed by atoms with Gasteiger partial charge in [-0.15, -0.1) is 0 Å². The molecule has 0 saturated carbocycles. The van der Waals surface area contributed by atoms with Gasteiger partial charge in [-0.25, -0.2) is 14.4 Å². The van der Waals surface area contributed by atoms with Crippen LogP contribution >= 0.6 is 0 Å². The highest BCUT2D eigenvalue weighted by Crippen LogP contribution is 2.34. The molecule has 3 heterocycles.